The van der Waals surface area contributed by atoms with Gasteiger partial charge in [-0.3, -0.25) is 4.79 Å². The van der Waals surface area contributed by atoms with Crippen molar-refractivity contribution in [2.45, 2.75) is 57.3 Å². The number of aliphatic hydroxyl groups excluding tert-OH is 3. The molecule has 0 radical (unpaired) electrons. The third-order valence-corrected chi connectivity index (χ3v) is 6.18. The van der Waals surface area contributed by atoms with Crippen molar-refractivity contribution >= 4 is 23.5 Å². The normalized spacial score (nSPS) is 22.3. The average molecular weight is 537 g/mol. The first kappa shape index (κ1) is 30.6. The van der Waals surface area contributed by atoms with Crippen molar-refractivity contribution in [1.82, 2.24) is 0 Å². The fraction of sp³-hybridized carbons (Fsp3) is 0.500. The summed E-state index contributed by atoms with van der Waals surface area (Å²) in [6.07, 6.45) is 7.30. The first-order valence-corrected chi connectivity index (χ1v) is 12.8. The molecule has 1 aliphatic rings. The van der Waals surface area contributed by atoms with Gasteiger partial charge in [0.25, 0.3) is 0 Å². The number of aliphatic hydroxyl groups is 3. The van der Waals surface area contributed by atoms with E-state index in [1.165, 1.54) is 0 Å². The summed E-state index contributed by atoms with van der Waals surface area (Å²) in [6.45, 7) is 5.05. The Hall–Kier alpha value is -2.65. The van der Waals surface area contributed by atoms with Gasteiger partial charge in [-0.2, -0.15) is 0 Å². The summed E-state index contributed by atoms with van der Waals surface area (Å²) < 4.78 is 15.4. The summed E-state index contributed by atoms with van der Waals surface area (Å²) in [5, 5.41) is 31.6. The second-order valence-electron chi connectivity index (χ2n) is 9.07. The molecule has 1 fully saturated rings. The molecule has 5 atom stereocenters. The molecule has 0 saturated heterocycles. The Kier molecular flexibility index (Phi) is 13.4. The second kappa shape index (κ2) is 16.2. The number of esters is 2. The van der Waals surface area contributed by atoms with Gasteiger partial charge in [0.05, 0.1) is 12.2 Å². The Morgan fingerprint density at radius 2 is 1.95 bits per heavy atom. The molecule has 1 aromatic rings. The lowest BCUT2D eigenvalue weighted by atomic mass is 9.89. The van der Waals surface area contributed by atoms with Crippen molar-refractivity contribution in [2.75, 3.05) is 19.8 Å². The molecule has 37 heavy (non-hydrogen) atoms. The predicted octanol–water partition coefficient (Wildman–Crippen LogP) is 3.77. The number of allylic oxidation sites excluding steroid dienone is 2. The minimum atomic E-state index is -0.877. The van der Waals surface area contributed by atoms with E-state index >= 15 is 0 Å². The van der Waals surface area contributed by atoms with Crippen LogP contribution in [0.3, 0.4) is 0 Å². The highest BCUT2D eigenvalue weighted by Crippen LogP contribution is 2.36. The number of ether oxygens (including phenoxy) is 3. The molecule has 8 nitrogen and oxygen atoms in total. The Balaban J connectivity index is 1.68. The first-order chi connectivity index (χ1) is 17.7. The Bertz CT molecular complexity index is 944. The van der Waals surface area contributed by atoms with Gasteiger partial charge in [-0.05, 0) is 50.3 Å². The number of hydrogen-bond acceptors (Lipinski definition) is 8. The molecule has 3 N–H and O–H groups in total. The molecule has 1 aromatic carbocycles. The maximum absolute atomic E-state index is 11.7. The van der Waals surface area contributed by atoms with E-state index in [0.717, 1.165) is 0 Å². The highest BCUT2D eigenvalue weighted by atomic mass is 35.5. The van der Waals surface area contributed by atoms with Crippen molar-refractivity contribution in [3.05, 3.63) is 65.7 Å². The van der Waals surface area contributed by atoms with Crippen LogP contribution in [0.1, 0.15) is 39.0 Å². The van der Waals surface area contributed by atoms with Gasteiger partial charge in [0.15, 0.2) is 0 Å². The third-order valence-electron chi connectivity index (χ3n) is 5.94. The van der Waals surface area contributed by atoms with Crippen LogP contribution in [-0.2, 0) is 19.1 Å². The predicted molar refractivity (Wildman–Crippen MR) is 140 cm³/mol. The van der Waals surface area contributed by atoms with E-state index in [1.54, 1.807) is 43.3 Å². The molecule has 9 heteroatoms. The Morgan fingerprint density at radius 3 is 2.68 bits per heavy atom. The van der Waals surface area contributed by atoms with Gasteiger partial charge in [0.1, 0.15) is 31.7 Å². The standard InChI is InChI=1S/C28H37ClO8/c1-19(2)28(34)36-15-14-35-27(33)11-6-4-3-5-10-23-24(26(32)17-25(23)31)13-12-21(30)18-37-22-9-7-8-20(29)16-22/h3,5,7-9,12-13,16,21,23-26,30-32H,1,4,6,10-11,14-15,17-18H2,2H3/b5-3-,13-12+/t21-,23-,24-,25+,26-/m1/s1. The van der Waals surface area contributed by atoms with Crippen LogP contribution in [0.4, 0.5) is 0 Å². The van der Waals surface area contributed by atoms with E-state index in [-0.39, 0.29) is 56.0 Å². The van der Waals surface area contributed by atoms with E-state index in [1.807, 2.05) is 12.2 Å². The summed E-state index contributed by atoms with van der Waals surface area (Å²) >= 11 is 5.93. The van der Waals surface area contributed by atoms with Crippen LogP contribution in [0.5, 0.6) is 5.75 Å². The highest BCUT2D eigenvalue weighted by Gasteiger charge is 2.39. The summed E-state index contributed by atoms with van der Waals surface area (Å²) in [5.74, 6) is -0.809. The summed E-state index contributed by atoms with van der Waals surface area (Å²) in [4.78, 5) is 23.0. The van der Waals surface area contributed by atoms with Gasteiger partial charge < -0.3 is 29.5 Å². The van der Waals surface area contributed by atoms with Gasteiger partial charge in [0, 0.05) is 29.4 Å². The quantitative estimate of drug-likeness (QED) is 0.134. The van der Waals surface area contributed by atoms with Crippen LogP contribution in [0.2, 0.25) is 5.02 Å². The zero-order valence-electron chi connectivity index (χ0n) is 21.1. The van der Waals surface area contributed by atoms with Gasteiger partial charge in [0.2, 0.25) is 0 Å². The average Bonchev–Trinajstić information content (AvgIpc) is 3.12. The maximum Gasteiger partial charge on any atom is 0.333 e. The van der Waals surface area contributed by atoms with E-state index in [2.05, 4.69) is 6.58 Å². The number of unbranched alkanes of at least 4 members (excludes halogenated alkanes) is 1. The Labute approximate surface area is 223 Å². The minimum absolute atomic E-state index is 0.00549. The van der Waals surface area contributed by atoms with Crippen molar-refractivity contribution in [2.24, 2.45) is 11.8 Å². The van der Waals surface area contributed by atoms with Crippen molar-refractivity contribution < 1.29 is 39.1 Å². The number of halogens is 1. The van der Waals surface area contributed by atoms with Crippen LogP contribution in [0.15, 0.2) is 60.7 Å². The fourth-order valence-corrected chi connectivity index (χ4v) is 4.16. The van der Waals surface area contributed by atoms with Crippen LogP contribution in [0.25, 0.3) is 0 Å². The topological polar surface area (TPSA) is 123 Å². The zero-order valence-corrected chi connectivity index (χ0v) is 21.9. The molecule has 0 aliphatic heterocycles. The second-order valence-corrected chi connectivity index (χ2v) is 9.50. The number of benzene rings is 1. The monoisotopic (exact) mass is 536 g/mol. The lowest BCUT2D eigenvalue weighted by molar-refractivity contribution is -0.150. The molecule has 2 rings (SSSR count). The van der Waals surface area contributed by atoms with Crippen molar-refractivity contribution in [3.63, 3.8) is 0 Å². The molecular weight excluding hydrogens is 500 g/mol. The maximum atomic E-state index is 11.7. The number of carbonyl (C=O) groups is 2. The molecule has 0 aromatic heterocycles. The van der Waals surface area contributed by atoms with E-state index < -0.39 is 24.3 Å². The Morgan fingerprint density at radius 1 is 1.19 bits per heavy atom. The van der Waals surface area contributed by atoms with Gasteiger partial charge in [-0.15, -0.1) is 0 Å². The van der Waals surface area contributed by atoms with Crippen LogP contribution >= 0.6 is 11.6 Å². The summed E-state index contributed by atoms with van der Waals surface area (Å²) in [7, 11) is 0. The smallest absolute Gasteiger partial charge is 0.333 e. The largest absolute Gasteiger partial charge is 0.491 e. The lowest BCUT2D eigenvalue weighted by Crippen LogP contribution is -2.21. The fourth-order valence-electron chi connectivity index (χ4n) is 3.98. The van der Waals surface area contributed by atoms with Gasteiger partial charge in [-0.1, -0.05) is 48.6 Å². The van der Waals surface area contributed by atoms with Gasteiger partial charge in [-0.25, -0.2) is 4.79 Å². The van der Waals surface area contributed by atoms with Crippen LogP contribution in [-0.4, -0.2) is 65.4 Å². The SMILES string of the molecule is C=C(C)C(=O)OCCOC(=O)CCC/C=C\C[C@@H]1[C@@H](/C=C/[C@@H](O)COc2cccc(Cl)c2)[C@H](O)C[C@@H]1O. The first-order valence-electron chi connectivity index (χ1n) is 12.4. The molecule has 0 unspecified atom stereocenters. The van der Waals surface area contributed by atoms with E-state index in [4.69, 9.17) is 25.8 Å². The zero-order chi connectivity index (χ0) is 27.2. The third kappa shape index (κ3) is 11.5. The molecule has 0 spiro atoms. The molecule has 1 saturated carbocycles. The number of rotatable bonds is 15. The molecule has 0 heterocycles. The molecule has 0 amide bonds. The minimum Gasteiger partial charge on any atom is -0.491 e. The molecular formula is C28H37ClO8. The number of hydrogen-bond donors (Lipinski definition) is 3. The molecule has 0 bridgehead atoms. The van der Waals surface area contributed by atoms with E-state index in [9.17, 15) is 24.9 Å². The van der Waals surface area contributed by atoms with E-state index in [0.29, 0.717) is 30.0 Å². The van der Waals surface area contributed by atoms with Crippen molar-refractivity contribution in [1.29, 1.82) is 0 Å². The van der Waals surface area contributed by atoms with Crippen LogP contribution < -0.4 is 4.74 Å². The van der Waals surface area contributed by atoms with Crippen LogP contribution in [0, 0.1) is 11.8 Å². The number of carbonyl (C=O) groups excluding carboxylic acids is 2. The summed E-state index contributed by atoms with van der Waals surface area (Å²) in [6, 6.07) is 6.89. The van der Waals surface area contributed by atoms with Gasteiger partial charge >= 0.3 is 11.9 Å². The van der Waals surface area contributed by atoms with Crippen molar-refractivity contribution in [3.8, 4) is 5.75 Å². The molecule has 204 valence electrons. The highest BCUT2D eigenvalue weighted by molar-refractivity contribution is 6.30. The lowest BCUT2D eigenvalue weighted by Gasteiger charge is -2.19. The molecule has 1 aliphatic carbocycles. The summed E-state index contributed by atoms with van der Waals surface area (Å²) in [5.41, 5.74) is 0.289.